The molecule has 17 nitrogen and oxygen atoms in total. The minimum absolute atomic E-state index is 0.299. The third-order valence-electron chi connectivity index (χ3n) is 5.34. The third-order valence-corrected chi connectivity index (χ3v) is 5.50. The summed E-state index contributed by atoms with van der Waals surface area (Å²) in [7, 11) is 0. The van der Waals surface area contributed by atoms with Gasteiger partial charge in [-0.2, -0.15) is 0 Å². The van der Waals surface area contributed by atoms with Crippen LogP contribution in [0.25, 0.3) is 0 Å². The number of hydrogen-bond donors (Lipinski definition) is 2. The lowest BCUT2D eigenvalue weighted by atomic mass is 10.6. The predicted molar refractivity (Wildman–Crippen MR) is 172 cm³/mol. The highest BCUT2D eigenvalue weighted by atomic mass is 35.5. The molecule has 1 amide bonds. The lowest BCUT2D eigenvalue weighted by Crippen LogP contribution is -2.31. The van der Waals surface area contributed by atoms with E-state index < -0.39 is 18.5 Å². The van der Waals surface area contributed by atoms with E-state index in [1.54, 1.807) is 0 Å². The summed E-state index contributed by atoms with van der Waals surface area (Å²) in [6, 6.07) is 0. The fourth-order valence-corrected chi connectivity index (χ4v) is 3.23. The van der Waals surface area contributed by atoms with Gasteiger partial charge in [-0.05, 0) is 0 Å². The van der Waals surface area contributed by atoms with E-state index in [0.29, 0.717) is 171 Å². The van der Waals surface area contributed by atoms with Crippen LogP contribution in [0.15, 0.2) is 0 Å². The van der Waals surface area contributed by atoms with Crippen molar-refractivity contribution >= 4 is 23.5 Å². The van der Waals surface area contributed by atoms with Gasteiger partial charge in [0.05, 0.1) is 159 Å². The largest absolute Gasteiger partial charge is 0.480 e. The fourth-order valence-electron chi connectivity index (χ4n) is 3.12. The van der Waals surface area contributed by atoms with Crippen molar-refractivity contribution in [3.05, 3.63) is 0 Å². The van der Waals surface area contributed by atoms with E-state index in [4.69, 9.17) is 73.5 Å². The van der Waals surface area contributed by atoms with E-state index in [-0.39, 0.29) is 6.61 Å². The van der Waals surface area contributed by atoms with Gasteiger partial charge in [-0.25, -0.2) is 4.79 Å². The molecule has 0 bridgehead atoms. The molecular weight excluding hydrogens is 666 g/mol. The molecule has 0 heterocycles. The van der Waals surface area contributed by atoms with Gasteiger partial charge in [0.15, 0.2) is 0 Å². The zero-order valence-electron chi connectivity index (χ0n) is 28.2. The Bertz CT molecular complexity index is 670. The molecule has 0 fully saturated rings. The first kappa shape index (κ1) is 46.7. The first-order valence-electron chi connectivity index (χ1n) is 16.2. The number of alkyl halides is 1. The lowest BCUT2D eigenvalue weighted by molar-refractivity contribution is -0.143. The van der Waals surface area contributed by atoms with Gasteiger partial charge >= 0.3 is 5.97 Å². The number of carbonyl (C=O) groups excluding carboxylic acids is 1. The van der Waals surface area contributed by atoms with Crippen LogP contribution in [0.4, 0.5) is 0 Å². The van der Waals surface area contributed by atoms with E-state index in [2.05, 4.69) is 10.1 Å². The number of carboxylic acid groups (broad SMARTS) is 1. The van der Waals surface area contributed by atoms with Gasteiger partial charge in [-0.15, -0.1) is 11.6 Å². The number of carbonyl (C=O) groups is 2. The Kier molecular flexibility index (Phi) is 40.8. The van der Waals surface area contributed by atoms with E-state index in [0.717, 1.165) is 0 Å². The fraction of sp³-hybridized carbons (Fsp3) is 0.933. The molecule has 0 atom stereocenters. The molecule has 0 rings (SSSR count). The molecule has 0 unspecified atom stereocenters. The first-order chi connectivity index (χ1) is 23.7. The number of ether oxygens (including phenoxy) is 13. The van der Waals surface area contributed by atoms with Crippen LogP contribution in [-0.2, 0) is 71.2 Å². The van der Waals surface area contributed by atoms with E-state index >= 15 is 0 Å². The standard InChI is InChI=1S/C30H58ClNO16/c31-1-3-36-5-7-38-9-11-40-13-15-42-17-19-44-21-23-46-25-26-47-24-22-45-20-18-43-16-14-41-12-10-39-8-6-37-4-2-32-29(33)27-48-28-30(34)35/h1-28H2,(H,32,33)(H,34,35). The van der Waals surface area contributed by atoms with Crippen molar-refractivity contribution in [1.82, 2.24) is 5.32 Å². The highest BCUT2D eigenvalue weighted by molar-refractivity contribution is 6.17. The smallest absolute Gasteiger partial charge is 0.329 e. The molecule has 0 radical (unpaired) electrons. The number of nitrogens with one attached hydrogen (secondary N) is 1. The van der Waals surface area contributed by atoms with Crippen LogP contribution in [0.3, 0.4) is 0 Å². The van der Waals surface area contributed by atoms with Gasteiger partial charge in [-0.3, -0.25) is 4.79 Å². The van der Waals surface area contributed by atoms with Gasteiger partial charge in [0, 0.05) is 12.4 Å². The third kappa shape index (κ3) is 42.7. The minimum Gasteiger partial charge on any atom is -0.480 e. The zero-order valence-corrected chi connectivity index (χ0v) is 29.0. The number of aliphatic carboxylic acids is 1. The Labute approximate surface area is 289 Å². The van der Waals surface area contributed by atoms with Crippen molar-refractivity contribution in [2.45, 2.75) is 0 Å². The maximum absolute atomic E-state index is 11.4. The molecule has 0 saturated carbocycles. The SMILES string of the molecule is O=C(O)COCC(=O)NCCOCCOCCOCCOCCOCCOCCOCCOCCOCCOCCOCCOCCCl. The van der Waals surface area contributed by atoms with Crippen LogP contribution >= 0.6 is 11.6 Å². The number of carboxylic acids is 1. The highest BCUT2D eigenvalue weighted by Crippen LogP contribution is 1.88. The van der Waals surface area contributed by atoms with Crippen molar-refractivity contribution in [3.8, 4) is 0 Å². The average Bonchev–Trinajstić information content (AvgIpc) is 3.07. The van der Waals surface area contributed by atoms with Gasteiger partial charge in [0.1, 0.15) is 13.2 Å². The van der Waals surface area contributed by atoms with Crippen molar-refractivity contribution in [2.24, 2.45) is 0 Å². The predicted octanol–water partition coefficient (Wildman–Crippen LogP) is -0.358. The number of hydrogen-bond acceptors (Lipinski definition) is 15. The molecule has 0 aliphatic heterocycles. The Morgan fingerprint density at radius 1 is 0.375 bits per heavy atom. The summed E-state index contributed by atoms with van der Waals surface area (Å²) in [5, 5.41) is 11.0. The second-order valence-electron chi connectivity index (χ2n) is 9.27. The first-order valence-corrected chi connectivity index (χ1v) is 16.7. The zero-order chi connectivity index (χ0) is 34.9. The van der Waals surface area contributed by atoms with E-state index in [9.17, 15) is 9.59 Å². The van der Waals surface area contributed by atoms with Crippen LogP contribution in [0.2, 0.25) is 0 Å². The summed E-state index contributed by atoms with van der Waals surface area (Å²) in [5.74, 6) is -1.03. The number of halogens is 1. The van der Waals surface area contributed by atoms with Crippen LogP contribution < -0.4 is 5.32 Å². The molecule has 0 aromatic rings. The molecule has 0 aromatic heterocycles. The van der Waals surface area contributed by atoms with Crippen LogP contribution in [0.5, 0.6) is 0 Å². The molecule has 0 spiro atoms. The van der Waals surface area contributed by atoms with Crippen molar-refractivity contribution in [3.63, 3.8) is 0 Å². The van der Waals surface area contributed by atoms with Crippen molar-refractivity contribution in [2.75, 3.05) is 184 Å². The second kappa shape index (κ2) is 41.9. The number of amides is 1. The van der Waals surface area contributed by atoms with Crippen molar-refractivity contribution < 1.29 is 76.3 Å². The Balaban J connectivity index is 3.08. The minimum atomic E-state index is -1.12. The van der Waals surface area contributed by atoms with Gasteiger partial charge in [0.2, 0.25) is 5.91 Å². The molecule has 2 N–H and O–H groups in total. The summed E-state index contributed by atoms with van der Waals surface area (Å²) in [4.78, 5) is 21.6. The van der Waals surface area contributed by atoms with Crippen molar-refractivity contribution in [1.29, 1.82) is 0 Å². The summed E-state index contributed by atoms with van der Waals surface area (Å²) in [6.07, 6.45) is 0. The molecule has 0 aliphatic rings. The molecule has 0 saturated heterocycles. The summed E-state index contributed by atoms with van der Waals surface area (Å²) >= 11 is 5.51. The van der Waals surface area contributed by atoms with Gasteiger partial charge in [0.25, 0.3) is 0 Å². The molecule has 48 heavy (non-hydrogen) atoms. The van der Waals surface area contributed by atoms with Crippen LogP contribution in [-0.4, -0.2) is 201 Å². The van der Waals surface area contributed by atoms with Gasteiger partial charge < -0.3 is 72.0 Å². The number of rotatable bonds is 42. The summed E-state index contributed by atoms with van der Waals surface area (Å²) < 4.78 is 69.5. The van der Waals surface area contributed by atoms with E-state index in [1.165, 1.54) is 0 Å². The van der Waals surface area contributed by atoms with Gasteiger partial charge in [-0.1, -0.05) is 0 Å². The van der Waals surface area contributed by atoms with Crippen LogP contribution in [0.1, 0.15) is 0 Å². The maximum atomic E-state index is 11.4. The highest BCUT2D eigenvalue weighted by Gasteiger charge is 2.03. The molecule has 18 heteroatoms. The molecular formula is C30H58ClNO16. The Morgan fingerprint density at radius 3 is 0.875 bits per heavy atom. The summed E-state index contributed by atoms with van der Waals surface area (Å²) in [6.45, 7) is 10.9. The monoisotopic (exact) mass is 723 g/mol. The second-order valence-corrected chi connectivity index (χ2v) is 9.65. The topological polar surface area (TPSA) is 186 Å². The maximum Gasteiger partial charge on any atom is 0.329 e. The molecule has 0 aromatic carbocycles. The summed E-state index contributed by atoms with van der Waals surface area (Å²) in [5.41, 5.74) is 0. The van der Waals surface area contributed by atoms with Crippen LogP contribution in [0, 0.1) is 0 Å². The molecule has 286 valence electrons. The van der Waals surface area contributed by atoms with E-state index in [1.807, 2.05) is 0 Å². The normalized spacial score (nSPS) is 11.4. The lowest BCUT2D eigenvalue weighted by Gasteiger charge is -2.09. The quantitative estimate of drug-likeness (QED) is 0.0614. The average molecular weight is 724 g/mol. The Hall–Kier alpha value is -1.29. The Morgan fingerprint density at radius 2 is 0.625 bits per heavy atom. The molecule has 0 aliphatic carbocycles.